The van der Waals surface area contributed by atoms with Crippen LogP contribution in [0, 0.1) is 29.0 Å². The van der Waals surface area contributed by atoms with Crippen molar-refractivity contribution in [3.05, 3.63) is 29.7 Å². The van der Waals surface area contributed by atoms with Crippen molar-refractivity contribution in [3.63, 3.8) is 0 Å². The minimum Gasteiger partial charge on any atom is -0.481 e. The number of aliphatic carboxylic acids is 1. The van der Waals surface area contributed by atoms with Crippen LogP contribution in [-0.2, 0) is 11.3 Å². The lowest BCUT2D eigenvalue weighted by atomic mass is 9.82. The van der Waals surface area contributed by atoms with Gasteiger partial charge in [0.05, 0.1) is 23.2 Å². The molecule has 0 atom stereocenters. The van der Waals surface area contributed by atoms with Gasteiger partial charge in [-0.3, -0.25) is 9.48 Å². The van der Waals surface area contributed by atoms with Gasteiger partial charge in [-0.05, 0) is 37.7 Å². The molecule has 6 heteroatoms. The number of hydrogen-bond acceptors (Lipinski definition) is 3. The zero-order valence-electron chi connectivity index (χ0n) is 12.0. The van der Waals surface area contributed by atoms with Crippen LogP contribution in [-0.4, -0.2) is 20.9 Å². The van der Waals surface area contributed by atoms with E-state index in [1.54, 1.807) is 10.9 Å². The Morgan fingerprint density at radius 3 is 2.77 bits per heavy atom. The Balaban J connectivity index is 1.77. The van der Waals surface area contributed by atoms with Crippen molar-refractivity contribution in [2.75, 3.05) is 0 Å². The highest BCUT2D eigenvalue weighted by Crippen LogP contribution is 2.30. The fourth-order valence-corrected chi connectivity index (χ4v) is 3.17. The minimum absolute atomic E-state index is 0.0222. The number of carboxylic acid groups (broad SMARTS) is 1. The second-order valence-corrected chi connectivity index (χ2v) is 5.89. The molecule has 0 aliphatic heterocycles. The van der Waals surface area contributed by atoms with Crippen LogP contribution >= 0.6 is 0 Å². The number of fused-ring (bicyclic) bond motifs is 1. The summed E-state index contributed by atoms with van der Waals surface area (Å²) in [5.41, 5.74) is 0.700. The van der Waals surface area contributed by atoms with Crippen molar-refractivity contribution >= 4 is 16.9 Å². The van der Waals surface area contributed by atoms with Crippen molar-refractivity contribution < 1.29 is 14.3 Å². The number of benzene rings is 1. The first-order chi connectivity index (χ1) is 10.6. The van der Waals surface area contributed by atoms with Crippen LogP contribution < -0.4 is 0 Å². The fourth-order valence-electron chi connectivity index (χ4n) is 3.17. The SMILES string of the molecule is N#Cc1cc2cnn(CC3CCC(C(=O)O)CC3)c2cc1F. The normalized spacial score (nSPS) is 21.6. The number of rotatable bonds is 3. The molecule has 1 aromatic carbocycles. The quantitative estimate of drug-likeness (QED) is 0.945. The first kappa shape index (κ1) is 14.5. The molecular formula is C16H16FN3O2. The van der Waals surface area contributed by atoms with Crippen molar-refractivity contribution in [2.45, 2.75) is 32.2 Å². The summed E-state index contributed by atoms with van der Waals surface area (Å²) in [7, 11) is 0. The highest BCUT2D eigenvalue weighted by atomic mass is 19.1. The van der Waals surface area contributed by atoms with E-state index in [0.717, 1.165) is 18.2 Å². The van der Waals surface area contributed by atoms with Gasteiger partial charge in [0.1, 0.15) is 11.9 Å². The van der Waals surface area contributed by atoms with Gasteiger partial charge in [-0.2, -0.15) is 10.4 Å². The van der Waals surface area contributed by atoms with E-state index in [1.807, 2.05) is 6.07 Å². The number of carbonyl (C=O) groups is 1. The molecule has 1 saturated carbocycles. The number of halogens is 1. The van der Waals surface area contributed by atoms with Gasteiger partial charge in [-0.1, -0.05) is 0 Å². The van der Waals surface area contributed by atoms with Crippen molar-refractivity contribution in [2.24, 2.45) is 11.8 Å². The minimum atomic E-state index is -0.714. The summed E-state index contributed by atoms with van der Waals surface area (Å²) < 4.78 is 15.5. The summed E-state index contributed by atoms with van der Waals surface area (Å²) in [5, 5.41) is 22.9. The summed E-state index contributed by atoms with van der Waals surface area (Å²) in [4.78, 5) is 11.0. The van der Waals surface area contributed by atoms with E-state index in [-0.39, 0.29) is 11.5 Å². The highest BCUT2D eigenvalue weighted by molar-refractivity contribution is 5.80. The van der Waals surface area contributed by atoms with Gasteiger partial charge in [-0.15, -0.1) is 0 Å². The van der Waals surface area contributed by atoms with Gasteiger partial charge in [-0.25, -0.2) is 4.39 Å². The Morgan fingerprint density at radius 1 is 1.41 bits per heavy atom. The molecule has 0 radical (unpaired) electrons. The average molecular weight is 301 g/mol. The van der Waals surface area contributed by atoms with Crippen molar-refractivity contribution in [3.8, 4) is 6.07 Å². The third-order valence-corrected chi connectivity index (χ3v) is 4.48. The van der Waals surface area contributed by atoms with Crippen LogP contribution in [0.3, 0.4) is 0 Å². The largest absolute Gasteiger partial charge is 0.481 e. The van der Waals surface area contributed by atoms with Gasteiger partial charge in [0.15, 0.2) is 0 Å². The van der Waals surface area contributed by atoms with E-state index in [1.165, 1.54) is 12.1 Å². The molecule has 0 amide bonds. The van der Waals surface area contributed by atoms with Crippen molar-refractivity contribution in [1.82, 2.24) is 9.78 Å². The van der Waals surface area contributed by atoms with Gasteiger partial charge in [0.25, 0.3) is 0 Å². The number of nitriles is 1. The summed E-state index contributed by atoms with van der Waals surface area (Å²) >= 11 is 0. The van der Waals surface area contributed by atoms with Gasteiger partial charge in [0, 0.05) is 18.0 Å². The number of carboxylic acids is 1. The number of nitrogens with zero attached hydrogens (tertiary/aromatic N) is 3. The summed E-state index contributed by atoms with van der Waals surface area (Å²) in [6.07, 6.45) is 4.70. The predicted molar refractivity (Wildman–Crippen MR) is 77.5 cm³/mol. The maximum absolute atomic E-state index is 13.8. The molecule has 0 saturated heterocycles. The molecule has 1 heterocycles. The second-order valence-electron chi connectivity index (χ2n) is 5.89. The summed E-state index contributed by atoms with van der Waals surface area (Å²) in [6.45, 7) is 0.654. The summed E-state index contributed by atoms with van der Waals surface area (Å²) in [5.74, 6) is -1.13. The van der Waals surface area contributed by atoms with Crippen LogP contribution in [0.15, 0.2) is 18.3 Å². The molecule has 1 fully saturated rings. The molecular weight excluding hydrogens is 285 g/mol. The Hall–Kier alpha value is -2.42. The lowest BCUT2D eigenvalue weighted by molar-refractivity contribution is -0.143. The number of aromatic nitrogens is 2. The monoisotopic (exact) mass is 301 g/mol. The molecule has 1 aliphatic rings. The van der Waals surface area contributed by atoms with E-state index in [9.17, 15) is 9.18 Å². The topological polar surface area (TPSA) is 78.9 Å². The second kappa shape index (κ2) is 5.76. The molecule has 22 heavy (non-hydrogen) atoms. The van der Waals surface area contributed by atoms with Crippen LogP contribution in [0.4, 0.5) is 4.39 Å². The molecule has 5 nitrogen and oxygen atoms in total. The lowest BCUT2D eigenvalue weighted by Gasteiger charge is -2.26. The first-order valence-electron chi connectivity index (χ1n) is 7.36. The van der Waals surface area contributed by atoms with E-state index < -0.39 is 11.8 Å². The molecule has 1 aromatic heterocycles. The van der Waals surface area contributed by atoms with Gasteiger partial charge in [0.2, 0.25) is 0 Å². The smallest absolute Gasteiger partial charge is 0.306 e. The van der Waals surface area contributed by atoms with Gasteiger partial charge >= 0.3 is 5.97 Å². The zero-order chi connectivity index (χ0) is 15.7. The third-order valence-electron chi connectivity index (χ3n) is 4.48. The molecule has 3 rings (SSSR count). The first-order valence-corrected chi connectivity index (χ1v) is 7.36. The zero-order valence-corrected chi connectivity index (χ0v) is 12.0. The van der Waals surface area contributed by atoms with Crippen molar-refractivity contribution in [1.29, 1.82) is 5.26 Å². The van der Waals surface area contributed by atoms with E-state index in [0.29, 0.717) is 30.8 Å². The number of hydrogen-bond donors (Lipinski definition) is 1. The van der Waals surface area contributed by atoms with Crippen LogP contribution in [0.2, 0.25) is 0 Å². The molecule has 1 aliphatic carbocycles. The average Bonchev–Trinajstić information content (AvgIpc) is 2.89. The Labute approximate surface area is 127 Å². The third kappa shape index (κ3) is 2.67. The molecule has 2 aromatic rings. The van der Waals surface area contributed by atoms with E-state index in [2.05, 4.69) is 5.10 Å². The maximum Gasteiger partial charge on any atom is 0.306 e. The Kier molecular flexibility index (Phi) is 3.80. The highest BCUT2D eigenvalue weighted by Gasteiger charge is 2.26. The van der Waals surface area contributed by atoms with Crippen LogP contribution in [0.25, 0.3) is 10.9 Å². The Morgan fingerprint density at radius 2 is 2.14 bits per heavy atom. The standard InChI is InChI=1S/C16H16FN3O2/c17-14-6-15-13(5-12(14)7-18)8-19-20(15)9-10-1-3-11(4-2-10)16(21)22/h5-6,8,10-11H,1-4,9H2,(H,21,22). The fraction of sp³-hybridized carbons (Fsp3) is 0.438. The summed E-state index contributed by atoms with van der Waals surface area (Å²) in [6, 6.07) is 4.69. The molecule has 1 N–H and O–H groups in total. The maximum atomic E-state index is 13.8. The molecule has 0 bridgehead atoms. The molecule has 0 unspecified atom stereocenters. The Bertz CT molecular complexity index is 755. The molecule has 0 spiro atoms. The van der Waals surface area contributed by atoms with Gasteiger partial charge < -0.3 is 5.11 Å². The van der Waals surface area contributed by atoms with E-state index >= 15 is 0 Å². The van der Waals surface area contributed by atoms with Crippen LogP contribution in [0.1, 0.15) is 31.2 Å². The lowest BCUT2D eigenvalue weighted by Crippen LogP contribution is -2.24. The van der Waals surface area contributed by atoms with Crippen LogP contribution in [0.5, 0.6) is 0 Å². The predicted octanol–water partition coefficient (Wildman–Crippen LogP) is 2.94. The van der Waals surface area contributed by atoms with E-state index in [4.69, 9.17) is 10.4 Å². The molecule has 114 valence electrons.